The SMILES string of the molecule is CC1=C[P@@](=O)(c2ccccc2)C[C@@H]1C(C)C. The van der Waals surface area contributed by atoms with Gasteiger partial charge >= 0.3 is 0 Å². The van der Waals surface area contributed by atoms with Gasteiger partial charge in [0.2, 0.25) is 0 Å². The van der Waals surface area contributed by atoms with Gasteiger partial charge in [-0.1, -0.05) is 49.8 Å². The van der Waals surface area contributed by atoms with Crippen molar-refractivity contribution in [1.29, 1.82) is 0 Å². The van der Waals surface area contributed by atoms with Gasteiger partial charge in [-0.2, -0.15) is 0 Å². The Morgan fingerprint density at radius 1 is 1.25 bits per heavy atom. The fraction of sp³-hybridized carbons (Fsp3) is 0.429. The molecule has 0 amide bonds. The summed E-state index contributed by atoms with van der Waals surface area (Å²) in [6, 6.07) is 9.91. The maximum absolute atomic E-state index is 12.9. The van der Waals surface area contributed by atoms with Gasteiger partial charge in [0, 0.05) is 11.5 Å². The first-order valence-electron chi connectivity index (χ1n) is 5.86. The third kappa shape index (κ3) is 2.01. The lowest BCUT2D eigenvalue weighted by Crippen LogP contribution is -2.12. The molecule has 0 saturated heterocycles. The molecular formula is C14H19OP. The summed E-state index contributed by atoms with van der Waals surface area (Å²) in [7, 11) is -2.25. The molecule has 0 aromatic heterocycles. The van der Waals surface area contributed by atoms with E-state index in [1.165, 1.54) is 5.57 Å². The van der Waals surface area contributed by atoms with Crippen molar-refractivity contribution in [3.63, 3.8) is 0 Å². The van der Waals surface area contributed by atoms with E-state index in [1.54, 1.807) is 0 Å². The van der Waals surface area contributed by atoms with Crippen molar-refractivity contribution in [2.75, 3.05) is 6.16 Å². The van der Waals surface area contributed by atoms with Crippen LogP contribution in [0.15, 0.2) is 41.7 Å². The molecule has 0 fully saturated rings. The topological polar surface area (TPSA) is 17.1 Å². The van der Waals surface area contributed by atoms with Crippen LogP contribution < -0.4 is 5.30 Å². The van der Waals surface area contributed by atoms with Crippen LogP contribution in [-0.4, -0.2) is 6.16 Å². The van der Waals surface area contributed by atoms with E-state index in [1.807, 2.05) is 36.1 Å². The lowest BCUT2D eigenvalue weighted by Gasteiger charge is -2.17. The number of allylic oxidation sites excluding steroid dienone is 1. The molecule has 1 aromatic carbocycles. The maximum atomic E-state index is 12.9. The van der Waals surface area contributed by atoms with E-state index in [2.05, 4.69) is 20.8 Å². The molecule has 0 saturated carbocycles. The highest BCUT2D eigenvalue weighted by atomic mass is 31.2. The van der Waals surface area contributed by atoms with Crippen molar-refractivity contribution in [3.05, 3.63) is 41.7 Å². The van der Waals surface area contributed by atoms with Gasteiger partial charge in [-0.15, -0.1) is 0 Å². The van der Waals surface area contributed by atoms with Gasteiger partial charge in [-0.3, -0.25) is 0 Å². The third-order valence-electron chi connectivity index (χ3n) is 3.46. The highest BCUT2D eigenvalue weighted by Crippen LogP contribution is 2.56. The summed E-state index contributed by atoms with van der Waals surface area (Å²) in [6.07, 6.45) is 0.820. The van der Waals surface area contributed by atoms with Crippen LogP contribution in [0.3, 0.4) is 0 Å². The molecule has 1 heterocycles. The second kappa shape index (κ2) is 4.22. The molecule has 2 heteroatoms. The van der Waals surface area contributed by atoms with Gasteiger partial charge < -0.3 is 4.57 Å². The Morgan fingerprint density at radius 2 is 1.88 bits per heavy atom. The number of rotatable bonds is 2. The molecule has 0 N–H and O–H groups in total. The molecule has 0 radical (unpaired) electrons. The standard InChI is InChI=1S/C14H19OP/c1-11(2)14-10-16(15,9-12(14)3)13-7-5-4-6-8-13/h4-9,11,14H,10H2,1-3H3/t14-,16+/m1/s1. The van der Waals surface area contributed by atoms with Crippen molar-refractivity contribution >= 4 is 12.4 Å². The Labute approximate surface area is 97.9 Å². The average molecular weight is 234 g/mol. The van der Waals surface area contributed by atoms with Crippen LogP contribution in [0.25, 0.3) is 0 Å². The second-order valence-corrected chi connectivity index (χ2v) is 7.77. The minimum atomic E-state index is -2.25. The quantitative estimate of drug-likeness (QED) is 0.710. The first kappa shape index (κ1) is 11.7. The summed E-state index contributed by atoms with van der Waals surface area (Å²) >= 11 is 0. The lowest BCUT2D eigenvalue weighted by molar-refractivity contribution is 0.485. The zero-order valence-corrected chi connectivity index (χ0v) is 11.1. The van der Waals surface area contributed by atoms with Gasteiger partial charge in [0.1, 0.15) is 7.14 Å². The molecule has 0 spiro atoms. The van der Waals surface area contributed by atoms with Crippen LogP contribution in [0.4, 0.5) is 0 Å². The number of hydrogen-bond acceptors (Lipinski definition) is 1. The van der Waals surface area contributed by atoms with E-state index < -0.39 is 7.14 Å². The molecule has 1 nitrogen and oxygen atoms in total. The van der Waals surface area contributed by atoms with Crippen molar-refractivity contribution in [3.8, 4) is 0 Å². The zero-order valence-electron chi connectivity index (χ0n) is 10.2. The predicted octanol–water partition coefficient (Wildman–Crippen LogP) is 3.86. The van der Waals surface area contributed by atoms with Gasteiger partial charge in [0.15, 0.2) is 0 Å². The maximum Gasteiger partial charge on any atom is 0.136 e. The highest BCUT2D eigenvalue weighted by molar-refractivity contribution is 7.74. The minimum Gasteiger partial charge on any atom is -0.314 e. The summed E-state index contributed by atoms with van der Waals surface area (Å²) in [5.41, 5.74) is 1.31. The summed E-state index contributed by atoms with van der Waals surface area (Å²) in [5, 5.41) is 1.01. The first-order chi connectivity index (χ1) is 7.53. The van der Waals surface area contributed by atoms with E-state index in [9.17, 15) is 4.57 Å². The molecule has 1 aliphatic rings. The molecule has 86 valence electrons. The Bertz CT molecular complexity index is 445. The van der Waals surface area contributed by atoms with E-state index in [0.717, 1.165) is 11.5 Å². The van der Waals surface area contributed by atoms with Gasteiger partial charge in [0.05, 0.1) is 0 Å². The van der Waals surface area contributed by atoms with Crippen LogP contribution in [-0.2, 0) is 4.57 Å². The smallest absolute Gasteiger partial charge is 0.136 e. The second-order valence-electron chi connectivity index (χ2n) is 5.04. The molecule has 16 heavy (non-hydrogen) atoms. The molecule has 2 atom stereocenters. The van der Waals surface area contributed by atoms with Gasteiger partial charge in [0.25, 0.3) is 0 Å². The Balaban J connectivity index is 2.35. The van der Waals surface area contributed by atoms with Gasteiger partial charge in [-0.05, 0) is 24.6 Å². The van der Waals surface area contributed by atoms with Crippen LogP contribution in [0.5, 0.6) is 0 Å². The molecule has 0 unspecified atom stereocenters. The molecule has 1 aromatic rings. The van der Waals surface area contributed by atoms with E-state index in [0.29, 0.717) is 11.8 Å². The van der Waals surface area contributed by atoms with Crippen LogP contribution in [0.2, 0.25) is 0 Å². The molecule has 2 rings (SSSR count). The summed E-state index contributed by atoms with van der Waals surface area (Å²) in [6.45, 7) is 6.54. The minimum absolute atomic E-state index is 0.492. The van der Waals surface area contributed by atoms with E-state index in [-0.39, 0.29) is 0 Å². The van der Waals surface area contributed by atoms with Crippen LogP contribution in [0.1, 0.15) is 20.8 Å². The summed E-state index contributed by atoms with van der Waals surface area (Å²) < 4.78 is 12.9. The van der Waals surface area contributed by atoms with Crippen molar-refractivity contribution < 1.29 is 4.57 Å². The molecular weight excluding hydrogens is 215 g/mol. The summed E-state index contributed by atoms with van der Waals surface area (Å²) in [4.78, 5) is 0. The molecule has 0 aliphatic carbocycles. The van der Waals surface area contributed by atoms with Gasteiger partial charge in [-0.25, -0.2) is 0 Å². The van der Waals surface area contributed by atoms with E-state index in [4.69, 9.17) is 0 Å². The number of hydrogen-bond donors (Lipinski definition) is 0. The first-order valence-corrected chi connectivity index (χ1v) is 7.83. The van der Waals surface area contributed by atoms with E-state index >= 15 is 0 Å². The predicted molar refractivity (Wildman–Crippen MR) is 70.6 cm³/mol. The Kier molecular flexibility index (Phi) is 3.08. The molecule has 1 aliphatic heterocycles. The Hall–Kier alpha value is -0.810. The van der Waals surface area contributed by atoms with Crippen molar-refractivity contribution in [2.24, 2.45) is 11.8 Å². The lowest BCUT2D eigenvalue weighted by atomic mass is 9.92. The third-order valence-corrected chi connectivity index (χ3v) is 6.40. The fourth-order valence-electron chi connectivity index (χ4n) is 2.51. The average Bonchev–Trinajstić information content (AvgIpc) is 2.57. The van der Waals surface area contributed by atoms with Crippen LogP contribution >= 0.6 is 7.14 Å². The number of benzene rings is 1. The summed E-state index contributed by atoms with van der Waals surface area (Å²) in [5.74, 6) is 3.11. The van der Waals surface area contributed by atoms with Crippen molar-refractivity contribution in [2.45, 2.75) is 20.8 Å². The van der Waals surface area contributed by atoms with Crippen LogP contribution in [0, 0.1) is 11.8 Å². The zero-order chi connectivity index (χ0) is 11.8. The highest BCUT2D eigenvalue weighted by Gasteiger charge is 2.35. The normalized spacial score (nSPS) is 29.5. The largest absolute Gasteiger partial charge is 0.314 e. The van der Waals surface area contributed by atoms with Crippen molar-refractivity contribution in [1.82, 2.24) is 0 Å². The monoisotopic (exact) mass is 234 g/mol. The Morgan fingerprint density at radius 3 is 2.38 bits per heavy atom. The molecule has 0 bridgehead atoms. The fourth-order valence-corrected chi connectivity index (χ4v) is 5.80.